The summed E-state index contributed by atoms with van der Waals surface area (Å²) in [5.74, 6) is 0. The molecule has 2 N–H and O–H groups in total. The van der Waals surface area contributed by atoms with Gasteiger partial charge in [-0.25, -0.2) is 0 Å². The number of hydrazone groups is 1. The highest BCUT2D eigenvalue weighted by Crippen LogP contribution is 2.25. The molecule has 1 aromatic heterocycles. The molecule has 2 aromatic rings. The minimum absolute atomic E-state index is 0.322. The van der Waals surface area contributed by atoms with Gasteiger partial charge in [0, 0.05) is 10.7 Å². The second-order valence-corrected chi connectivity index (χ2v) is 5.40. The number of hydrogen-bond donors (Lipinski definition) is 2. The SMILES string of the molecule is Cc1cccc(/C=N/NC(=S)Nc2ccc(Cl)cc2Cl)n1. The molecule has 0 amide bonds. The molecule has 1 heterocycles. The Bertz CT molecular complexity index is 688. The third-order valence-corrected chi connectivity index (χ3v) is 3.19. The van der Waals surface area contributed by atoms with Crippen LogP contribution in [0.25, 0.3) is 0 Å². The predicted octanol–water partition coefficient (Wildman–Crippen LogP) is 4.02. The lowest BCUT2D eigenvalue weighted by atomic mass is 10.3. The van der Waals surface area contributed by atoms with Crippen LogP contribution in [0.15, 0.2) is 41.5 Å². The highest BCUT2D eigenvalue weighted by molar-refractivity contribution is 7.80. The van der Waals surface area contributed by atoms with Crippen LogP contribution in [0.1, 0.15) is 11.4 Å². The highest BCUT2D eigenvalue weighted by atomic mass is 35.5. The zero-order valence-corrected chi connectivity index (χ0v) is 13.4. The van der Waals surface area contributed by atoms with E-state index < -0.39 is 0 Å². The Morgan fingerprint density at radius 1 is 1.29 bits per heavy atom. The summed E-state index contributed by atoms with van der Waals surface area (Å²) in [5.41, 5.74) is 5.02. The number of aryl methyl sites for hydroxylation is 1. The Hall–Kier alpha value is -1.69. The first kappa shape index (κ1) is 15.7. The molecule has 0 fully saturated rings. The van der Waals surface area contributed by atoms with E-state index in [1.165, 1.54) is 0 Å². The van der Waals surface area contributed by atoms with E-state index in [1.54, 1.807) is 24.4 Å². The molecule has 0 radical (unpaired) electrons. The predicted molar refractivity (Wildman–Crippen MR) is 92.4 cm³/mol. The Morgan fingerprint density at radius 3 is 2.81 bits per heavy atom. The fourth-order valence-corrected chi connectivity index (χ4v) is 2.15. The number of rotatable bonds is 3. The van der Waals surface area contributed by atoms with Crippen LogP contribution >= 0.6 is 35.4 Å². The number of anilines is 1. The van der Waals surface area contributed by atoms with E-state index in [4.69, 9.17) is 35.4 Å². The average Bonchev–Trinajstić information content (AvgIpc) is 2.42. The number of aromatic nitrogens is 1. The van der Waals surface area contributed by atoms with Crippen molar-refractivity contribution in [1.82, 2.24) is 10.4 Å². The standard InChI is InChI=1S/C14H12Cl2N4S/c1-9-3-2-4-11(18-9)8-17-20-14(21)19-13-6-5-10(15)7-12(13)16/h2-8H,1H3,(H2,19,20,21)/b17-8+. The smallest absolute Gasteiger partial charge is 0.191 e. The van der Waals surface area contributed by atoms with Crippen LogP contribution < -0.4 is 10.7 Å². The molecule has 108 valence electrons. The molecular formula is C14H12Cl2N4S. The Labute approximate surface area is 138 Å². The van der Waals surface area contributed by atoms with Gasteiger partial charge in [0.05, 0.1) is 22.6 Å². The Balaban J connectivity index is 1.93. The first-order valence-electron chi connectivity index (χ1n) is 6.03. The molecule has 7 heteroatoms. The van der Waals surface area contributed by atoms with Crippen LogP contribution in [0.5, 0.6) is 0 Å². The van der Waals surface area contributed by atoms with Gasteiger partial charge in [-0.05, 0) is 49.5 Å². The molecule has 0 atom stereocenters. The van der Waals surface area contributed by atoms with Crippen LogP contribution in [0, 0.1) is 6.92 Å². The number of hydrogen-bond acceptors (Lipinski definition) is 3. The molecule has 0 saturated carbocycles. The highest BCUT2D eigenvalue weighted by Gasteiger charge is 2.02. The number of benzene rings is 1. The van der Waals surface area contributed by atoms with Crippen LogP contribution in [0.3, 0.4) is 0 Å². The van der Waals surface area contributed by atoms with E-state index in [-0.39, 0.29) is 0 Å². The second-order valence-electron chi connectivity index (χ2n) is 4.15. The average molecular weight is 339 g/mol. The molecule has 0 unspecified atom stereocenters. The van der Waals surface area contributed by atoms with Gasteiger partial charge in [-0.2, -0.15) is 5.10 Å². The van der Waals surface area contributed by atoms with Crippen LogP contribution in [-0.4, -0.2) is 16.3 Å². The van der Waals surface area contributed by atoms with Crippen molar-refractivity contribution in [1.29, 1.82) is 0 Å². The maximum absolute atomic E-state index is 6.04. The second kappa shape index (κ2) is 7.36. The Kier molecular flexibility index (Phi) is 5.50. The number of nitrogens with zero attached hydrogens (tertiary/aromatic N) is 2. The van der Waals surface area contributed by atoms with Gasteiger partial charge in [-0.3, -0.25) is 10.4 Å². The summed E-state index contributed by atoms with van der Waals surface area (Å²) in [6.45, 7) is 1.92. The van der Waals surface area contributed by atoms with Crippen molar-refractivity contribution < 1.29 is 0 Å². The van der Waals surface area contributed by atoms with Crippen molar-refractivity contribution in [2.75, 3.05) is 5.32 Å². The minimum atomic E-state index is 0.322. The third-order valence-electron chi connectivity index (χ3n) is 2.45. The van der Waals surface area contributed by atoms with Gasteiger partial charge in [0.15, 0.2) is 5.11 Å². The van der Waals surface area contributed by atoms with E-state index >= 15 is 0 Å². The van der Waals surface area contributed by atoms with E-state index in [2.05, 4.69) is 20.8 Å². The fraction of sp³-hybridized carbons (Fsp3) is 0.0714. The summed E-state index contributed by atoms with van der Waals surface area (Å²) in [6, 6.07) is 10.8. The summed E-state index contributed by atoms with van der Waals surface area (Å²) in [6.07, 6.45) is 1.59. The normalized spacial score (nSPS) is 10.6. The monoisotopic (exact) mass is 338 g/mol. The molecule has 0 spiro atoms. The summed E-state index contributed by atoms with van der Waals surface area (Å²) >= 11 is 17.0. The summed E-state index contributed by atoms with van der Waals surface area (Å²) in [5, 5.41) is 8.31. The molecule has 0 aliphatic carbocycles. The van der Waals surface area contributed by atoms with Crippen molar-refractivity contribution in [3.05, 3.63) is 57.8 Å². The molecule has 0 aliphatic heterocycles. The number of pyridine rings is 1. The van der Waals surface area contributed by atoms with Gasteiger partial charge in [0.2, 0.25) is 0 Å². The van der Waals surface area contributed by atoms with Crippen molar-refractivity contribution in [2.45, 2.75) is 6.92 Å². The maximum Gasteiger partial charge on any atom is 0.191 e. The van der Waals surface area contributed by atoms with Crippen molar-refractivity contribution in [3.8, 4) is 0 Å². The van der Waals surface area contributed by atoms with E-state index in [0.29, 0.717) is 20.8 Å². The van der Waals surface area contributed by atoms with E-state index in [9.17, 15) is 0 Å². The number of nitrogens with one attached hydrogen (secondary N) is 2. The molecule has 0 aliphatic rings. The Morgan fingerprint density at radius 2 is 2.10 bits per heavy atom. The lowest BCUT2D eigenvalue weighted by molar-refractivity contribution is 1.04. The van der Waals surface area contributed by atoms with Crippen molar-refractivity contribution >= 4 is 52.4 Å². The van der Waals surface area contributed by atoms with Crippen LogP contribution in [0.4, 0.5) is 5.69 Å². The lowest BCUT2D eigenvalue weighted by Crippen LogP contribution is -2.24. The lowest BCUT2D eigenvalue weighted by Gasteiger charge is -2.08. The van der Waals surface area contributed by atoms with Gasteiger partial charge < -0.3 is 5.32 Å². The molecule has 0 bridgehead atoms. The van der Waals surface area contributed by atoms with E-state index in [0.717, 1.165) is 11.4 Å². The first-order chi connectivity index (χ1) is 10.0. The van der Waals surface area contributed by atoms with Crippen molar-refractivity contribution in [2.24, 2.45) is 5.10 Å². The van der Waals surface area contributed by atoms with Gasteiger partial charge in [0.25, 0.3) is 0 Å². The van der Waals surface area contributed by atoms with Gasteiger partial charge in [0.1, 0.15) is 0 Å². The molecular weight excluding hydrogens is 327 g/mol. The summed E-state index contributed by atoms with van der Waals surface area (Å²) < 4.78 is 0. The van der Waals surface area contributed by atoms with Crippen LogP contribution in [-0.2, 0) is 0 Å². The quantitative estimate of drug-likeness (QED) is 0.504. The summed E-state index contributed by atoms with van der Waals surface area (Å²) in [4.78, 5) is 4.29. The molecule has 21 heavy (non-hydrogen) atoms. The topological polar surface area (TPSA) is 49.3 Å². The molecule has 1 aromatic carbocycles. The zero-order valence-electron chi connectivity index (χ0n) is 11.1. The fourth-order valence-electron chi connectivity index (χ4n) is 1.53. The van der Waals surface area contributed by atoms with Gasteiger partial charge in [-0.15, -0.1) is 0 Å². The number of halogens is 2. The molecule has 0 saturated heterocycles. The third kappa shape index (κ3) is 4.97. The largest absolute Gasteiger partial charge is 0.330 e. The maximum atomic E-state index is 6.04. The molecule has 2 rings (SSSR count). The zero-order chi connectivity index (χ0) is 15.2. The first-order valence-corrected chi connectivity index (χ1v) is 7.20. The number of thiocarbonyl (C=S) groups is 1. The van der Waals surface area contributed by atoms with Gasteiger partial charge >= 0.3 is 0 Å². The van der Waals surface area contributed by atoms with Crippen LogP contribution in [0.2, 0.25) is 10.0 Å². The minimum Gasteiger partial charge on any atom is -0.330 e. The van der Waals surface area contributed by atoms with Crippen molar-refractivity contribution in [3.63, 3.8) is 0 Å². The summed E-state index contributed by atoms with van der Waals surface area (Å²) in [7, 11) is 0. The van der Waals surface area contributed by atoms with Gasteiger partial charge in [-0.1, -0.05) is 29.3 Å². The van der Waals surface area contributed by atoms with E-state index in [1.807, 2.05) is 25.1 Å². The molecule has 4 nitrogen and oxygen atoms in total.